The number of fused-ring (bicyclic) bond motifs is 2. The Morgan fingerprint density at radius 1 is 1.09 bits per heavy atom. The zero-order chi connectivity index (χ0) is 23.1. The summed E-state index contributed by atoms with van der Waals surface area (Å²) in [7, 11) is -3.44. The van der Waals surface area contributed by atoms with Crippen molar-refractivity contribution in [3.05, 3.63) is 60.6 Å². The minimum absolute atomic E-state index is 0.517. The lowest BCUT2D eigenvalue weighted by atomic mass is 10.1. The average molecular weight is 449 g/mol. The van der Waals surface area contributed by atoms with E-state index in [1.807, 2.05) is 30.3 Å². The lowest BCUT2D eigenvalue weighted by molar-refractivity contribution is 0.143. The molecule has 0 bridgehead atoms. The molecule has 0 amide bonds. The molecule has 0 aliphatic carbocycles. The zero-order valence-electron chi connectivity index (χ0n) is 18.3. The summed E-state index contributed by atoms with van der Waals surface area (Å²) in [4.78, 5) is 8.69. The van der Waals surface area contributed by atoms with Crippen LogP contribution in [0, 0.1) is 11.8 Å². The highest BCUT2D eigenvalue weighted by Gasteiger charge is 2.20. The first-order valence-corrected chi connectivity index (χ1v) is 11.7. The Labute approximate surface area is 187 Å². The lowest BCUT2D eigenvalue weighted by Gasteiger charge is -2.12. The first-order chi connectivity index (χ1) is 15.0. The first-order valence-electron chi connectivity index (χ1n) is 10.2. The Morgan fingerprint density at radius 2 is 1.88 bits per heavy atom. The molecule has 7 nitrogen and oxygen atoms in total. The number of benzene rings is 2. The van der Waals surface area contributed by atoms with E-state index in [2.05, 4.69) is 27.1 Å². The SMILES string of the molecule is CC(C)S(=O)(=O)n1ccc2cc(Nc3ncnc4ccc(C#CC(C)(C)O)cc34)ccc21. The summed E-state index contributed by atoms with van der Waals surface area (Å²) in [5, 5.41) is 14.2. The van der Waals surface area contributed by atoms with Crippen molar-refractivity contribution in [3.63, 3.8) is 0 Å². The van der Waals surface area contributed by atoms with Gasteiger partial charge in [-0.2, -0.15) is 0 Å². The topological polar surface area (TPSA) is 97.1 Å². The lowest BCUT2D eigenvalue weighted by Crippen LogP contribution is -2.21. The second-order valence-electron chi connectivity index (χ2n) is 8.37. The molecule has 0 saturated carbocycles. The highest BCUT2D eigenvalue weighted by atomic mass is 32.2. The fourth-order valence-electron chi connectivity index (χ4n) is 3.24. The molecule has 0 fully saturated rings. The quantitative estimate of drug-likeness (QED) is 0.458. The molecule has 2 heterocycles. The van der Waals surface area contributed by atoms with Gasteiger partial charge in [0.15, 0.2) is 0 Å². The summed E-state index contributed by atoms with van der Waals surface area (Å²) in [5.41, 5.74) is 1.81. The van der Waals surface area contributed by atoms with Crippen LogP contribution in [-0.2, 0) is 10.0 Å². The number of aliphatic hydroxyl groups is 1. The van der Waals surface area contributed by atoms with Crippen LogP contribution in [0.15, 0.2) is 55.0 Å². The van der Waals surface area contributed by atoms with Gasteiger partial charge in [-0.05, 0) is 70.2 Å². The van der Waals surface area contributed by atoms with E-state index in [4.69, 9.17) is 0 Å². The van der Waals surface area contributed by atoms with E-state index < -0.39 is 20.9 Å². The van der Waals surface area contributed by atoms with Gasteiger partial charge in [0.25, 0.3) is 0 Å². The van der Waals surface area contributed by atoms with E-state index in [1.54, 1.807) is 46.0 Å². The molecule has 0 aliphatic rings. The van der Waals surface area contributed by atoms with Gasteiger partial charge in [-0.3, -0.25) is 0 Å². The summed E-state index contributed by atoms with van der Waals surface area (Å²) in [5.74, 6) is 6.39. The van der Waals surface area contributed by atoms with Gasteiger partial charge in [0.05, 0.1) is 16.3 Å². The predicted octanol–water partition coefficient (Wildman–Crippen LogP) is 4.04. The molecule has 2 aromatic carbocycles. The molecule has 4 aromatic rings. The molecule has 2 aromatic heterocycles. The van der Waals surface area contributed by atoms with Crippen molar-refractivity contribution >= 4 is 43.3 Å². The summed E-state index contributed by atoms with van der Waals surface area (Å²) in [6.07, 6.45) is 3.06. The largest absolute Gasteiger partial charge is 0.378 e. The molecule has 2 N–H and O–H groups in total. The second-order valence-corrected chi connectivity index (χ2v) is 10.7. The van der Waals surface area contributed by atoms with Gasteiger partial charge in [0.1, 0.15) is 17.7 Å². The molecular weight excluding hydrogens is 424 g/mol. The van der Waals surface area contributed by atoms with Crippen LogP contribution in [-0.4, -0.2) is 38.3 Å². The average Bonchev–Trinajstić information content (AvgIpc) is 3.16. The van der Waals surface area contributed by atoms with Crippen LogP contribution >= 0.6 is 0 Å². The highest BCUT2D eigenvalue weighted by Crippen LogP contribution is 2.27. The summed E-state index contributed by atoms with van der Waals surface area (Å²) >= 11 is 0. The van der Waals surface area contributed by atoms with Crippen molar-refractivity contribution in [2.75, 3.05) is 5.32 Å². The van der Waals surface area contributed by atoms with Gasteiger partial charge < -0.3 is 10.4 Å². The Morgan fingerprint density at radius 3 is 2.59 bits per heavy atom. The number of hydrogen-bond donors (Lipinski definition) is 2. The Kier molecular flexibility index (Phi) is 5.41. The number of nitrogens with one attached hydrogen (secondary N) is 1. The normalized spacial score (nSPS) is 12.2. The maximum Gasteiger partial charge on any atom is 0.241 e. The molecule has 0 saturated heterocycles. The first kappa shape index (κ1) is 21.8. The van der Waals surface area contributed by atoms with E-state index >= 15 is 0 Å². The fourth-order valence-corrected chi connectivity index (χ4v) is 4.36. The Balaban J connectivity index is 1.72. The van der Waals surface area contributed by atoms with Crippen molar-refractivity contribution in [1.82, 2.24) is 13.9 Å². The van der Waals surface area contributed by atoms with Crippen molar-refractivity contribution in [2.45, 2.75) is 38.5 Å². The summed E-state index contributed by atoms with van der Waals surface area (Å²) < 4.78 is 26.5. The number of aromatic nitrogens is 3. The van der Waals surface area contributed by atoms with Crippen LogP contribution in [0.2, 0.25) is 0 Å². The summed E-state index contributed by atoms with van der Waals surface area (Å²) in [6, 6.07) is 12.8. The third-order valence-electron chi connectivity index (χ3n) is 4.94. The monoisotopic (exact) mass is 448 g/mol. The smallest absolute Gasteiger partial charge is 0.241 e. The molecule has 32 heavy (non-hydrogen) atoms. The van der Waals surface area contributed by atoms with Crippen LogP contribution in [0.25, 0.3) is 21.8 Å². The number of rotatable bonds is 4. The van der Waals surface area contributed by atoms with E-state index in [9.17, 15) is 13.5 Å². The van der Waals surface area contributed by atoms with Crippen LogP contribution in [0.3, 0.4) is 0 Å². The molecule has 0 atom stereocenters. The minimum atomic E-state index is -3.44. The van der Waals surface area contributed by atoms with Gasteiger partial charge in [0.2, 0.25) is 10.0 Å². The van der Waals surface area contributed by atoms with Gasteiger partial charge in [0, 0.05) is 28.2 Å². The fraction of sp³-hybridized carbons (Fsp3) is 0.250. The van der Waals surface area contributed by atoms with E-state index in [-0.39, 0.29) is 0 Å². The third-order valence-corrected chi connectivity index (χ3v) is 6.99. The van der Waals surface area contributed by atoms with Crippen LogP contribution in [0.4, 0.5) is 11.5 Å². The number of hydrogen-bond acceptors (Lipinski definition) is 6. The van der Waals surface area contributed by atoms with Crippen molar-refractivity contribution in [3.8, 4) is 11.8 Å². The molecule has 0 spiro atoms. The molecule has 4 rings (SSSR count). The Hall–Kier alpha value is -3.41. The third kappa shape index (κ3) is 4.31. The van der Waals surface area contributed by atoms with Gasteiger partial charge in [-0.15, -0.1) is 0 Å². The zero-order valence-corrected chi connectivity index (χ0v) is 19.1. The Bertz CT molecular complexity index is 1490. The number of anilines is 2. The van der Waals surface area contributed by atoms with Gasteiger partial charge >= 0.3 is 0 Å². The van der Waals surface area contributed by atoms with Crippen molar-refractivity contribution in [2.24, 2.45) is 0 Å². The molecule has 8 heteroatoms. The molecule has 0 radical (unpaired) electrons. The van der Waals surface area contributed by atoms with E-state index in [1.165, 1.54) is 10.3 Å². The van der Waals surface area contributed by atoms with E-state index in [0.29, 0.717) is 11.3 Å². The molecule has 164 valence electrons. The molecule has 0 aliphatic heterocycles. The van der Waals surface area contributed by atoms with Crippen LogP contribution < -0.4 is 5.32 Å². The highest BCUT2D eigenvalue weighted by molar-refractivity contribution is 7.90. The molecule has 0 unspecified atom stereocenters. The maximum absolute atomic E-state index is 12.6. The molecular formula is C24H24N4O3S. The number of nitrogens with zero attached hydrogens (tertiary/aromatic N) is 3. The second kappa shape index (κ2) is 7.93. The minimum Gasteiger partial charge on any atom is -0.378 e. The standard InChI is InChI=1S/C24H24N4O3S/c1-16(2)32(30,31)28-12-10-18-14-19(6-8-22(18)28)27-23-20-13-17(9-11-24(3,4)29)5-7-21(20)25-15-26-23/h5-8,10,12-16,29H,1-4H3,(H,25,26,27). The van der Waals surface area contributed by atoms with Crippen molar-refractivity contribution in [1.29, 1.82) is 0 Å². The van der Waals surface area contributed by atoms with E-state index in [0.717, 1.165) is 27.5 Å². The predicted molar refractivity (Wildman–Crippen MR) is 127 cm³/mol. The summed E-state index contributed by atoms with van der Waals surface area (Å²) in [6.45, 7) is 6.59. The van der Waals surface area contributed by atoms with Gasteiger partial charge in [-0.25, -0.2) is 22.4 Å². The van der Waals surface area contributed by atoms with Crippen LogP contribution in [0.1, 0.15) is 33.3 Å². The van der Waals surface area contributed by atoms with Gasteiger partial charge in [-0.1, -0.05) is 11.8 Å². The van der Waals surface area contributed by atoms with Crippen LogP contribution in [0.5, 0.6) is 0 Å². The van der Waals surface area contributed by atoms with Crippen molar-refractivity contribution < 1.29 is 13.5 Å². The maximum atomic E-state index is 12.6.